The van der Waals surface area contributed by atoms with E-state index in [1.165, 1.54) is 6.20 Å². The zero-order chi connectivity index (χ0) is 15.4. The summed E-state index contributed by atoms with van der Waals surface area (Å²) in [6, 6.07) is 15.2. The normalized spacial score (nSPS) is 10.2. The van der Waals surface area contributed by atoms with Crippen LogP contribution in [0.25, 0.3) is 11.3 Å². The lowest BCUT2D eigenvalue weighted by Crippen LogP contribution is -2.09. The third-order valence-electron chi connectivity index (χ3n) is 2.98. The first kappa shape index (κ1) is 13.8. The molecule has 0 atom stereocenters. The van der Waals surface area contributed by atoms with Crippen LogP contribution in [0.3, 0.4) is 0 Å². The molecule has 0 aliphatic heterocycles. The van der Waals surface area contributed by atoms with Crippen molar-refractivity contribution >= 4 is 5.97 Å². The first-order chi connectivity index (χ1) is 10.7. The van der Waals surface area contributed by atoms with Gasteiger partial charge >= 0.3 is 5.97 Å². The van der Waals surface area contributed by atoms with Gasteiger partial charge in [-0.05, 0) is 36.4 Å². The number of nitrogens with zero attached hydrogens (tertiary/aromatic N) is 2. The van der Waals surface area contributed by atoms with E-state index in [2.05, 4.69) is 9.97 Å². The van der Waals surface area contributed by atoms with Gasteiger partial charge in [0.1, 0.15) is 5.75 Å². The van der Waals surface area contributed by atoms with Gasteiger partial charge in [-0.15, -0.1) is 0 Å². The van der Waals surface area contributed by atoms with Crippen LogP contribution in [-0.2, 0) is 0 Å². The maximum Gasteiger partial charge on any atom is 0.344 e. The summed E-state index contributed by atoms with van der Waals surface area (Å²) in [5.74, 6) is -0.194. The van der Waals surface area contributed by atoms with E-state index < -0.39 is 5.97 Å². The van der Waals surface area contributed by atoms with Crippen molar-refractivity contribution in [1.82, 2.24) is 9.97 Å². The van der Waals surface area contributed by atoms with E-state index in [0.29, 0.717) is 11.3 Å². The predicted molar refractivity (Wildman–Crippen MR) is 80.5 cm³/mol. The third kappa shape index (κ3) is 3.09. The minimum atomic E-state index is -0.488. The summed E-state index contributed by atoms with van der Waals surface area (Å²) in [4.78, 5) is 20.3. The summed E-state index contributed by atoms with van der Waals surface area (Å²) in [5, 5.41) is 9.30. The molecule has 0 aliphatic rings. The second-order valence-electron chi connectivity index (χ2n) is 4.54. The smallest absolute Gasteiger partial charge is 0.344 e. The maximum absolute atomic E-state index is 12.0. The predicted octanol–water partition coefficient (Wildman–Crippen LogP) is 3.07. The molecule has 1 N–H and O–H groups in total. The molecule has 22 heavy (non-hydrogen) atoms. The molecule has 1 aromatic heterocycles. The molecule has 3 rings (SSSR count). The zero-order valence-corrected chi connectivity index (χ0v) is 11.5. The second kappa shape index (κ2) is 6.05. The highest BCUT2D eigenvalue weighted by molar-refractivity contribution is 5.90. The van der Waals surface area contributed by atoms with Gasteiger partial charge in [0.2, 0.25) is 5.88 Å². The highest BCUT2D eigenvalue weighted by Gasteiger charge is 2.10. The minimum Gasteiger partial charge on any atom is -0.508 e. The highest BCUT2D eigenvalue weighted by Crippen LogP contribution is 2.21. The van der Waals surface area contributed by atoms with Crippen LogP contribution in [0, 0.1) is 0 Å². The van der Waals surface area contributed by atoms with Gasteiger partial charge in [0.05, 0.1) is 23.7 Å². The number of phenolic OH excluding ortho intramolecular Hbond substituents is 1. The van der Waals surface area contributed by atoms with Crippen LogP contribution in [0.2, 0.25) is 0 Å². The maximum atomic E-state index is 12.0. The number of phenols is 1. The van der Waals surface area contributed by atoms with E-state index in [9.17, 15) is 9.90 Å². The van der Waals surface area contributed by atoms with Crippen LogP contribution in [0.4, 0.5) is 0 Å². The van der Waals surface area contributed by atoms with Crippen LogP contribution in [0.15, 0.2) is 67.0 Å². The Bertz CT molecular complexity index is 787. The van der Waals surface area contributed by atoms with Crippen LogP contribution in [0.1, 0.15) is 10.4 Å². The number of rotatable bonds is 3. The Morgan fingerprint density at radius 3 is 2.41 bits per heavy atom. The first-order valence-corrected chi connectivity index (χ1v) is 6.61. The van der Waals surface area contributed by atoms with Crippen LogP contribution in [0.5, 0.6) is 11.6 Å². The van der Waals surface area contributed by atoms with Crippen molar-refractivity contribution in [2.24, 2.45) is 0 Å². The topological polar surface area (TPSA) is 72.3 Å². The van der Waals surface area contributed by atoms with Crippen LogP contribution >= 0.6 is 0 Å². The average Bonchev–Trinajstić information content (AvgIpc) is 2.56. The van der Waals surface area contributed by atoms with Gasteiger partial charge in [0.15, 0.2) is 0 Å². The first-order valence-electron chi connectivity index (χ1n) is 6.61. The number of esters is 1. The van der Waals surface area contributed by atoms with E-state index in [0.717, 1.165) is 5.56 Å². The van der Waals surface area contributed by atoms with Crippen molar-refractivity contribution < 1.29 is 14.6 Å². The van der Waals surface area contributed by atoms with Crippen molar-refractivity contribution in [2.75, 3.05) is 0 Å². The summed E-state index contributed by atoms with van der Waals surface area (Å²) in [6.45, 7) is 0. The van der Waals surface area contributed by atoms with Crippen molar-refractivity contribution in [3.05, 3.63) is 72.6 Å². The number of carbonyl (C=O) groups is 1. The molecule has 0 fully saturated rings. The van der Waals surface area contributed by atoms with Crippen LogP contribution in [-0.4, -0.2) is 21.0 Å². The fraction of sp³-hybridized carbons (Fsp3) is 0. The lowest BCUT2D eigenvalue weighted by molar-refractivity contribution is 0.0727. The van der Waals surface area contributed by atoms with Crippen LogP contribution < -0.4 is 4.74 Å². The van der Waals surface area contributed by atoms with Gasteiger partial charge in [-0.3, -0.25) is 4.98 Å². The van der Waals surface area contributed by atoms with Gasteiger partial charge in [0, 0.05) is 5.56 Å². The number of carbonyl (C=O) groups excluding carboxylic acids is 1. The van der Waals surface area contributed by atoms with Gasteiger partial charge < -0.3 is 9.84 Å². The summed E-state index contributed by atoms with van der Waals surface area (Å²) in [6.07, 6.45) is 2.94. The van der Waals surface area contributed by atoms with Gasteiger partial charge in [-0.1, -0.05) is 18.2 Å². The molecule has 0 bridgehead atoms. The molecule has 0 saturated heterocycles. The monoisotopic (exact) mass is 292 g/mol. The van der Waals surface area contributed by atoms with Crippen molar-refractivity contribution in [3.8, 4) is 22.9 Å². The number of hydrogen-bond acceptors (Lipinski definition) is 5. The molecule has 2 aromatic carbocycles. The quantitative estimate of drug-likeness (QED) is 0.751. The third-order valence-corrected chi connectivity index (χ3v) is 2.98. The van der Waals surface area contributed by atoms with E-state index in [4.69, 9.17) is 4.74 Å². The molecule has 0 saturated carbocycles. The molecule has 5 heteroatoms. The Labute approximate surface area is 126 Å². The zero-order valence-electron chi connectivity index (χ0n) is 11.5. The largest absolute Gasteiger partial charge is 0.508 e. The van der Waals surface area contributed by atoms with Gasteiger partial charge in [-0.25, -0.2) is 9.78 Å². The number of hydrogen-bond donors (Lipinski definition) is 1. The fourth-order valence-electron chi connectivity index (χ4n) is 1.90. The average molecular weight is 292 g/mol. The number of benzene rings is 2. The standard InChI is InChI=1S/C17H12N2O3/c20-14-8-6-12(7-9-14)15-10-18-11-16(19-15)22-17(21)13-4-2-1-3-5-13/h1-11,20H. The molecule has 1 heterocycles. The lowest BCUT2D eigenvalue weighted by atomic mass is 10.1. The Hall–Kier alpha value is -3.21. The molecule has 5 nitrogen and oxygen atoms in total. The fourth-order valence-corrected chi connectivity index (χ4v) is 1.90. The molecular formula is C17H12N2O3. The molecule has 3 aromatic rings. The lowest BCUT2D eigenvalue weighted by Gasteiger charge is -2.05. The SMILES string of the molecule is O=C(Oc1cncc(-c2ccc(O)cc2)n1)c1ccccc1. The summed E-state index contributed by atoms with van der Waals surface area (Å²) in [5.41, 5.74) is 1.76. The Morgan fingerprint density at radius 1 is 0.955 bits per heavy atom. The molecule has 0 radical (unpaired) electrons. The summed E-state index contributed by atoms with van der Waals surface area (Å²) >= 11 is 0. The van der Waals surface area contributed by atoms with Crippen molar-refractivity contribution in [2.45, 2.75) is 0 Å². The van der Waals surface area contributed by atoms with Crippen molar-refractivity contribution in [1.29, 1.82) is 0 Å². The highest BCUT2D eigenvalue weighted by atomic mass is 16.5. The second-order valence-corrected chi connectivity index (χ2v) is 4.54. The molecule has 108 valence electrons. The molecular weight excluding hydrogens is 280 g/mol. The number of aromatic nitrogens is 2. The van der Waals surface area contributed by atoms with Gasteiger partial charge in [0.25, 0.3) is 0 Å². The molecule has 0 unspecified atom stereocenters. The van der Waals surface area contributed by atoms with E-state index in [1.54, 1.807) is 54.7 Å². The van der Waals surface area contributed by atoms with E-state index in [1.807, 2.05) is 6.07 Å². The van der Waals surface area contributed by atoms with E-state index in [-0.39, 0.29) is 11.6 Å². The summed E-state index contributed by atoms with van der Waals surface area (Å²) < 4.78 is 5.22. The van der Waals surface area contributed by atoms with Gasteiger partial charge in [-0.2, -0.15) is 0 Å². The number of aromatic hydroxyl groups is 1. The Morgan fingerprint density at radius 2 is 1.68 bits per heavy atom. The Kier molecular flexibility index (Phi) is 3.78. The van der Waals surface area contributed by atoms with Crippen molar-refractivity contribution in [3.63, 3.8) is 0 Å². The molecule has 0 spiro atoms. The minimum absolute atomic E-state index is 0.124. The summed E-state index contributed by atoms with van der Waals surface area (Å²) in [7, 11) is 0. The Balaban J connectivity index is 1.82. The molecule has 0 aliphatic carbocycles. The number of ether oxygens (including phenoxy) is 1. The van der Waals surface area contributed by atoms with E-state index >= 15 is 0 Å². The molecule has 0 amide bonds.